The molecule has 0 bridgehead atoms. The molecule has 0 aliphatic heterocycles. The molecule has 1 heterocycles. The molecule has 0 atom stereocenters. The van der Waals surface area contributed by atoms with Gasteiger partial charge in [-0.15, -0.1) is 24.0 Å². The highest BCUT2D eigenvalue weighted by molar-refractivity contribution is 14.0. The zero-order chi connectivity index (χ0) is 12.6. The number of hydrogen-bond acceptors (Lipinski definition) is 2. The lowest BCUT2D eigenvalue weighted by molar-refractivity contribution is 0.776. The van der Waals surface area contributed by atoms with Gasteiger partial charge in [-0.25, -0.2) is 0 Å². The summed E-state index contributed by atoms with van der Waals surface area (Å²) in [4.78, 5) is 8.70. The third-order valence-corrected chi connectivity index (χ3v) is 2.98. The summed E-state index contributed by atoms with van der Waals surface area (Å²) < 4.78 is 0. The molecule has 0 saturated heterocycles. The lowest BCUT2D eigenvalue weighted by atomic mass is 10.2. The van der Waals surface area contributed by atoms with Gasteiger partial charge in [0.2, 0.25) is 0 Å². The predicted molar refractivity (Wildman–Crippen MR) is 90.1 cm³/mol. The molecule has 1 saturated carbocycles. The van der Waals surface area contributed by atoms with Crippen LogP contribution >= 0.6 is 24.0 Å². The standard InChI is InChI=1S/C14H22N4.HI/c1-2-16-14(18-11-13-5-6-13)17-9-7-12-4-3-8-15-10-12;/h3-4,8,10,13H,2,5-7,9,11H2,1H3,(H2,16,17,18);1H. The SMILES string of the molecule is CCNC(=NCC1CC1)NCCc1cccnc1.I. The third kappa shape index (κ3) is 6.75. The van der Waals surface area contributed by atoms with Gasteiger partial charge in [0.1, 0.15) is 0 Å². The maximum Gasteiger partial charge on any atom is 0.191 e. The summed E-state index contributed by atoms with van der Waals surface area (Å²) in [5.41, 5.74) is 1.25. The van der Waals surface area contributed by atoms with Crippen molar-refractivity contribution < 1.29 is 0 Å². The average molecular weight is 374 g/mol. The predicted octanol–water partition coefficient (Wildman–Crippen LogP) is 2.21. The van der Waals surface area contributed by atoms with E-state index in [0.29, 0.717) is 0 Å². The highest BCUT2D eigenvalue weighted by Gasteiger charge is 2.20. The van der Waals surface area contributed by atoms with Gasteiger partial charge in [0.25, 0.3) is 0 Å². The van der Waals surface area contributed by atoms with Gasteiger partial charge in [0.05, 0.1) is 0 Å². The number of guanidine groups is 1. The summed E-state index contributed by atoms with van der Waals surface area (Å²) >= 11 is 0. The molecule has 0 aromatic carbocycles. The molecule has 1 fully saturated rings. The minimum absolute atomic E-state index is 0. The van der Waals surface area contributed by atoms with Crippen molar-refractivity contribution in [1.29, 1.82) is 0 Å². The largest absolute Gasteiger partial charge is 0.357 e. The van der Waals surface area contributed by atoms with E-state index in [1.54, 1.807) is 6.20 Å². The minimum Gasteiger partial charge on any atom is -0.357 e. The molecule has 1 aliphatic rings. The second kappa shape index (κ2) is 9.12. The highest BCUT2D eigenvalue weighted by Crippen LogP contribution is 2.28. The fraction of sp³-hybridized carbons (Fsp3) is 0.571. The second-order valence-corrected chi connectivity index (χ2v) is 4.70. The quantitative estimate of drug-likeness (QED) is 0.456. The number of aliphatic imine (C=N–C) groups is 1. The summed E-state index contributed by atoms with van der Waals surface area (Å²) in [6.45, 7) is 4.85. The molecule has 19 heavy (non-hydrogen) atoms. The van der Waals surface area contributed by atoms with Crippen LogP contribution in [-0.2, 0) is 6.42 Å². The molecule has 0 spiro atoms. The Kier molecular flexibility index (Phi) is 7.78. The van der Waals surface area contributed by atoms with Gasteiger partial charge >= 0.3 is 0 Å². The van der Waals surface area contributed by atoms with E-state index in [0.717, 1.165) is 37.9 Å². The highest BCUT2D eigenvalue weighted by atomic mass is 127. The molecule has 1 aliphatic carbocycles. The molecule has 1 aromatic rings. The smallest absolute Gasteiger partial charge is 0.191 e. The fourth-order valence-electron chi connectivity index (χ4n) is 1.73. The Labute approximate surface area is 132 Å². The summed E-state index contributed by atoms with van der Waals surface area (Å²) in [5.74, 6) is 1.77. The van der Waals surface area contributed by atoms with Crippen molar-refractivity contribution in [2.45, 2.75) is 26.2 Å². The summed E-state index contributed by atoms with van der Waals surface area (Å²) in [6, 6.07) is 4.07. The van der Waals surface area contributed by atoms with Crippen molar-refractivity contribution in [3.63, 3.8) is 0 Å². The van der Waals surface area contributed by atoms with Crippen molar-refractivity contribution in [1.82, 2.24) is 15.6 Å². The van der Waals surface area contributed by atoms with Gasteiger partial charge in [0.15, 0.2) is 5.96 Å². The minimum atomic E-state index is 0. The Hall–Kier alpha value is -0.850. The lowest BCUT2D eigenvalue weighted by Gasteiger charge is -2.11. The first-order chi connectivity index (χ1) is 8.88. The molecule has 2 rings (SSSR count). The Bertz CT molecular complexity index is 376. The van der Waals surface area contributed by atoms with E-state index in [1.807, 2.05) is 12.3 Å². The third-order valence-electron chi connectivity index (χ3n) is 2.98. The number of hydrogen-bond donors (Lipinski definition) is 2. The number of nitrogens with one attached hydrogen (secondary N) is 2. The Morgan fingerprint density at radius 1 is 1.42 bits per heavy atom. The molecular formula is C14H23IN4. The van der Waals surface area contributed by atoms with Crippen molar-refractivity contribution in [3.05, 3.63) is 30.1 Å². The Balaban J connectivity index is 0.00000180. The molecule has 0 amide bonds. The van der Waals surface area contributed by atoms with Crippen LogP contribution in [0.5, 0.6) is 0 Å². The zero-order valence-corrected chi connectivity index (χ0v) is 13.8. The van der Waals surface area contributed by atoms with Crippen LogP contribution < -0.4 is 10.6 Å². The number of rotatable bonds is 6. The van der Waals surface area contributed by atoms with Gasteiger partial charge in [-0.3, -0.25) is 9.98 Å². The van der Waals surface area contributed by atoms with Crippen LogP contribution in [0.3, 0.4) is 0 Å². The second-order valence-electron chi connectivity index (χ2n) is 4.70. The van der Waals surface area contributed by atoms with E-state index in [4.69, 9.17) is 0 Å². The van der Waals surface area contributed by atoms with Gasteiger partial charge in [-0.05, 0) is 43.7 Å². The number of aromatic nitrogens is 1. The summed E-state index contributed by atoms with van der Waals surface area (Å²) in [6.07, 6.45) is 7.38. The average Bonchev–Trinajstić information content (AvgIpc) is 3.21. The van der Waals surface area contributed by atoms with Crippen LogP contribution in [0.4, 0.5) is 0 Å². The van der Waals surface area contributed by atoms with Crippen molar-refractivity contribution in [3.8, 4) is 0 Å². The van der Waals surface area contributed by atoms with Gasteiger partial charge in [-0.2, -0.15) is 0 Å². The fourth-order valence-corrected chi connectivity index (χ4v) is 1.73. The number of halogens is 1. The lowest BCUT2D eigenvalue weighted by Crippen LogP contribution is -2.38. The molecule has 2 N–H and O–H groups in total. The van der Waals surface area contributed by atoms with Crippen molar-refractivity contribution >= 4 is 29.9 Å². The summed E-state index contributed by atoms with van der Waals surface area (Å²) in [5, 5.41) is 6.64. The molecular weight excluding hydrogens is 351 g/mol. The van der Waals surface area contributed by atoms with Crippen LogP contribution in [-0.4, -0.2) is 30.6 Å². The monoisotopic (exact) mass is 374 g/mol. The maximum atomic E-state index is 4.59. The van der Waals surface area contributed by atoms with Gasteiger partial charge in [-0.1, -0.05) is 6.07 Å². The van der Waals surface area contributed by atoms with E-state index >= 15 is 0 Å². The van der Waals surface area contributed by atoms with E-state index < -0.39 is 0 Å². The normalized spacial score (nSPS) is 14.7. The first kappa shape index (κ1) is 16.2. The first-order valence-corrected chi connectivity index (χ1v) is 6.79. The van der Waals surface area contributed by atoms with E-state index in [2.05, 4.69) is 33.6 Å². The van der Waals surface area contributed by atoms with Crippen LogP contribution in [0.15, 0.2) is 29.5 Å². The Morgan fingerprint density at radius 3 is 2.89 bits per heavy atom. The molecule has 5 heteroatoms. The van der Waals surface area contributed by atoms with Gasteiger partial charge < -0.3 is 10.6 Å². The zero-order valence-electron chi connectivity index (χ0n) is 11.4. The van der Waals surface area contributed by atoms with Crippen LogP contribution in [0.1, 0.15) is 25.3 Å². The molecule has 106 valence electrons. The van der Waals surface area contributed by atoms with Gasteiger partial charge in [0, 0.05) is 32.0 Å². The topological polar surface area (TPSA) is 49.3 Å². The van der Waals surface area contributed by atoms with Crippen molar-refractivity contribution in [2.24, 2.45) is 10.9 Å². The van der Waals surface area contributed by atoms with Crippen LogP contribution in [0.2, 0.25) is 0 Å². The Morgan fingerprint density at radius 2 is 2.26 bits per heavy atom. The number of pyridine rings is 1. The van der Waals surface area contributed by atoms with E-state index in [1.165, 1.54) is 18.4 Å². The van der Waals surface area contributed by atoms with E-state index in [9.17, 15) is 0 Å². The summed E-state index contributed by atoms with van der Waals surface area (Å²) in [7, 11) is 0. The molecule has 4 nitrogen and oxygen atoms in total. The van der Waals surface area contributed by atoms with Crippen LogP contribution in [0, 0.1) is 5.92 Å². The van der Waals surface area contributed by atoms with Crippen molar-refractivity contribution in [2.75, 3.05) is 19.6 Å². The van der Waals surface area contributed by atoms with Crippen LogP contribution in [0.25, 0.3) is 0 Å². The number of nitrogens with zero attached hydrogens (tertiary/aromatic N) is 2. The molecule has 0 unspecified atom stereocenters. The first-order valence-electron chi connectivity index (χ1n) is 6.79. The van der Waals surface area contributed by atoms with E-state index in [-0.39, 0.29) is 24.0 Å². The molecule has 1 aromatic heterocycles. The molecule has 0 radical (unpaired) electrons. The maximum absolute atomic E-state index is 4.59.